The molecule has 0 radical (unpaired) electrons. The molecule has 0 aliphatic carbocycles. The Kier molecular flexibility index (Phi) is 6.32. The van der Waals surface area contributed by atoms with Crippen LogP contribution >= 0.6 is 0 Å². The van der Waals surface area contributed by atoms with Gasteiger partial charge in [-0.2, -0.15) is 0 Å². The first kappa shape index (κ1) is 19.7. The number of carbonyl (C=O) groups is 2. The summed E-state index contributed by atoms with van der Waals surface area (Å²) in [6.07, 6.45) is -1.16. The van der Waals surface area contributed by atoms with Crippen molar-refractivity contribution in [1.82, 2.24) is 0 Å². The van der Waals surface area contributed by atoms with Gasteiger partial charge >= 0.3 is 5.97 Å². The van der Waals surface area contributed by atoms with E-state index >= 15 is 0 Å². The number of para-hydroxylation sites is 1. The summed E-state index contributed by atoms with van der Waals surface area (Å²) in [5.74, 6) is -0.856. The molecule has 0 unspecified atom stereocenters. The van der Waals surface area contributed by atoms with E-state index in [2.05, 4.69) is 5.32 Å². The van der Waals surface area contributed by atoms with Crippen LogP contribution in [0, 0.1) is 10.1 Å². The van der Waals surface area contributed by atoms with Crippen molar-refractivity contribution in [3.8, 4) is 11.5 Å². The van der Waals surface area contributed by atoms with Crippen LogP contribution in [0.3, 0.4) is 0 Å². The third kappa shape index (κ3) is 4.72. The first-order valence-corrected chi connectivity index (χ1v) is 7.84. The second kappa shape index (κ2) is 8.65. The standard InChI is InChI=1S/C18H18N2O7/c1-11(27-18(22)13-6-4-5-7-15(13)25-2)17(21)19-14-10-12(20(23)24)8-9-16(14)26-3/h4-11H,1-3H3,(H,19,21)/t11-/m1/s1. The van der Waals surface area contributed by atoms with Crippen molar-refractivity contribution < 1.29 is 28.7 Å². The van der Waals surface area contributed by atoms with Gasteiger partial charge in [-0.15, -0.1) is 0 Å². The molecule has 9 nitrogen and oxygen atoms in total. The number of ether oxygens (including phenoxy) is 3. The zero-order chi connectivity index (χ0) is 20.0. The van der Waals surface area contributed by atoms with E-state index in [0.29, 0.717) is 5.75 Å². The summed E-state index contributed by atoms with van der Waals surface area (Å²) in [7, 11) is 2.78. The molecule has 2 aromatic rings. The predicted octanol–water partition coefficient (Wildman–Crippen LogP) is 2.80. The van der Waals surface area contributed by atoms with Gasteiger partial charge in [-0.3, -0.25) is 14.9 Å². The van der Waals surface area contributed by atoms with Crippen LogP contribution in [0.15, 0.2) is 42.5 Å². The number of hydrogen-bond donors (Lipinski definition) is 1. The molecule has 27 heavy (non-hydrogen) atoms. The normalized spacial score (nSPS) is 11.2. The average Bonchev–Trinajstić information content (AvgIpc) is 2.67. The number of esters is 1. The van der Waals surface area contributed by atoms with Gasteiger partial charge in [0.05, 0.1) is 24.8 Å². The average molecular weight is 374 g/mol. The highest BCUT2D eigenvalue weighted by Crippen LogP contribution is 2.29. The molecule has 1 atom stereocenters. The van der Waals surface area contributed by atoms with Gasteiger partial charge in [-0.1, -0.05) is 12.1 Å². The van der Waals surface area contributed by atoms with E-state index in [1.807, 2.05) is 0 Å². The quantitative estimate of drug-likeness (QED) is 0.450. The topological polar surface area (TPSA) is 117 Å². The molecular weight excluding hydrogens is 356 g/mol. The Balaban J connectivity index is 2.13. The fourth-order valence-corrected chi connectivity index (χ4v) is 2.23. The number of nitrogens with one attached hydrogen (secondary N) is 1. The fourth-order valence-electron chi connectivity index (χ4n) is 2.23. The predicted molar refractivity (Wildman–Crippen MR) is 96.1 cm³/mol. The summed E-state index contributed by atoms with van der Waals surface area (Å²) >= 11 is 0. The summed E-state index contributed by atoms with van der Waals surface area (Å²) in [4.78, 5) is 34.9. The second-order valence-corrected chi connectivity index (χ2v) is 5.38. The molecule has 142 valence electrons. The van der Waals surface area contributed by atoms with E-state index in [0.717, 1.165) is 6.07 Å². The fraction of sp³-hybridized carbons (Fsp3) is 0.222. The Morgan fingerprint density at radius 1 is 1.07 bits per heavy atom. The van der Waals surface area contributed by atoms with E-state index in [1.165, 1.54) is 39.3 Å². The highest BCUT2D eigenvalue weighted by Gasteiger charge is 2.23. The third-order valence-electron chi connectivity index (χ3n) is 3.63. The maximum Gasteiger partial charge on any atom is 0.342 e. The zero-order valence-corrected chi connectivity index (χ0v) is 14.9. The van der Waals surface area contributed by atoms with E-state index in [1.54, 1.807) is 18.2 Å². The molecule has 2 rings (SSSR count). The van der Waals surface area contributed by atoms with E-state index in [-0.39, 0.29) is 22.7 Å². The summed E-state index contributed by atoms with van der Waals surface area (Å²) in [5.41, 5.74) is 0.0502. The largest absolute Gasteiger partial charge is 0.496 e. The minimum atomic E-state index is -1.16. The number of methoxy groups -OCH3 is 2. The van der Waals surface area contributed by atoms with Crippen molar-refractivity contribution in [2.75, 3.05) is 19.5 Å². The van der Waals surface area contributed by atoms with Crippen LogP contribution in [0.25, 0.3) is 0 Å². The summed E-state index contributed by atoms with van der Waals surface area (Å²) in [6, 6.07) is 10.2. The molecule has 1 N–H and O–H groups in total. The lowest BCUT2D eigenvalue weighted by molar-refractivity contribution is -0.384. The van der Waals surface area contributed by atoms with Crippen LogP contribution in [0.1, 0.15) is 17.3 Å². The van der Waals surface area contributed by atoms with Crippen molar-refractivity contribution in [3.05, 3.63) is 58.1 Å². The Morgan fingerprint density at radius 2 is 1.74 bits per heavy atom. The van der Waals surface area contributed by atoms with Crippen LogP contribution in [0.2, 0.25) is 0 Å². The van der Waals surface area contributed by atoms with Crippen LogP contribution < -0.4 is 14.8 Å². The first-order chi connectivity index (χ1) is 12.9. The minimum Gasteiger partial charge on any atom is -0.496 e. The van der Waals surface area contributed by atoms with Crippen molar-refractivity contribution in [2.24, 2.45) is 0 Å². The van der Waals surface area contributed by atoms with Crippen LogP contribution in [-0.2, 0) is 9.53 Å². The van der Waals surface area contributed by atoms with Gasteiger partial charge < -0.3 is 19.5 Å². The Bertz CT molecular complexity index is 867. The molecule has 0 aromatic heterocycles. The van der Waals surface area contributed by atoms with Crippen molar-refractivity contribution in [3.63, 3.8) is 0 Å². The van der Waals surface area contributed by atoms with Gasteiger partial charge in [0, 0.05) is 12.1 Å². The molecule has 9 heteroatoms. The van der Waals surface area contributed by atoms with Gasteiger partial charge in [0.25, 0.3) is 11.6 Å². The molecule has 0 fully saturated rings. The van der Waals surface area contributed by atoms with Crippen LogP contribution in [0.5, 0.6) is 11.5 Å². The number of rotatable bonds is 7. The SMILES string of the molecule is COc1ccc([N+](=O)[O-])cc1NC(=O)[C@@H](C)OC(=O)c1ccccc1OC. The lowest BCUT2D eigenvalue weighted by Gasteiger charge is -2.16. The summed E-state index contributed by atoms with van der Waals surface area (Å²) < 4.78 is 15.3. The third-order valence-corrected chi connectivity index (χ3v) is 3.63. The maximum absolute atomic E-state index is 12.3. The zero-order valence-electron chi connectivity index (χ0n) is 14.9. The Morgan fingerprint density at radius 3 is 2.37 bits per heavy atom. The molecular formula is C18H18N2O7. The number of benzene rings is 2. The molecule has 0 spiro atoms. The number of nitro benzene ring substituents is 1. The Labute approximate surface area is 155 Å². The van der Waals surface area contributed by atoms with Gasteiger partial charge in [-0.05, 0) is 25.1 Å². The van der Waals surface area contributed by atoms with Gasteiger partial charge in [0.15, 0.2) is 6.10 Å². The monoisotopic (exact) mass is 374 g/mol. The van der Waals surface area contributed by atoms with Gasteiger partial charge in [0.1, 0.15) is 17.1 Å². The second-order valence-electron chi connectivity index (χ2n) is 5.38. The minimum absolute atomic E-state index is 0.0943. The Hall–Kier alpha value is -3.62. The molecule has 0 bridgehead atoms. The number of hydrogen-bond acceptors (Lipinski definition) is 7. The van der Waals surface area contributed by atoms with Crippen LogP contribution in [0.4, 0.5) is 11.4 Å². The van der Waals surface area contributed by atoms with Crippen molar-refractivity contribution >= 4 is 23.3 Å². The number of nitro groups is 1. The number of nitrogens with zero attached hydrogens (tertiary/aromatic N) is 1. The number of anilines is 1. The molecule has 1 amide bonds. The highest BCUT2D eigenvalue weighted by molar-refractivity contribution is 5.99. The molecule has 0 aliphatic heterocycles. The first-order valence-electron chi connectivity index (χ1n) is 7.84. The number of non-ortho nitro benzene ring substituents is 1. The van der Waals surface area contributed by atoms with E-state index in [9.17, 15) is 19.7 Å². The molecule has 0 heterocycles. The summed E-state index contributed by atoms with van der Waals surface area (Å²) in [6.45, 7) is 1.38. The molecule has 0 saturated carbocycles. The van der Waals surface area contributed by atoms with Gasteiger partial charge in [0.2, 0.25) is 0 Å². The van der Waals surface area contributed by atoms with E-state index in [4.69, 9.17) is 14.2 Å². The molecule has 0 saturated heterocycles. The lowest BCUT2D eigenvalue weighted by Crippen LogP contribution is -2.30. The highest BCUT2D eigenvalue weighted by atomic mass is 16.6. The van der Waals surface area contributed by atoms with Gasteiger partial charge in [-0.25, -0.2) is 4.79 Å². The maximum atomic E-state index is 12.3. The molecule has 0 aliphatic rings. The number of carbonyl (C=O) groups excluding carboxylic acids is 2. The number of amides is 1. The molecule has 2 aromatic carbocycles. The van der Waals surface area contributed by atoms with Crippen molar-refractivity contribution in [2.45, 2.75) is 13.0 Å². The van der Waals surface area contributed by atoms with Crippen LogP contribution in [-0.4, -0.2) is 37.1 Å². The lowest BCUT2D eigenvalue weighted by atomic mass is 10.2. The smallest absolute Gasteiger partial charge is 0.342 e. The van der Waals surface area contributed by atoms with E-state index < -0.39 is 22.9 Å². The van der Waals surface area contributed by atoms with Crippen molar-refractivity contribution in [1.29, 1.82) is 0 Å². The summed E-state index contributed by atoms with van der Waals surface area (Å²) in [5, 5.41) is 13.4.